The van der Waals surface area contributed by atoms with Crippen LogP contribution in [0.15, 0.2) is 6.33 Å². The monoisotopic (exact) mass is 256 g/mol. The van der Waals surface area contributed by atoms with Crippen molar-refractivity contribution in [1.82, 2.24) is 9.97 Å². The third-order valence-corrected chi connectivity index (χ3v) is 3.12. The second kappa shape index (κ2) is 5.65. The quantitative estimate of drug-likeness (QED) is 0.780. The van der Waals surface area contributed by atoms with Gasteiger partial charge in [0, 0.05) is 12.8 Å². The van der Waals surface area contributed by atoms with E-state index in [1.54, 1.807) is 0 Å². The van der Waals surface area contributed by atoms with Gasteiger partial charge in [-0.05, 0) is 5.92 Å². The van der Waals surface area contributed by atoms with Gasteiger partial charge in [0.25, 0.3) is 0 Å². The first-order valence-corrected chi connectivity index (χ1v) is 6.31. The Kier molecular flexibility index (Phi) is 4.18. The summed E-state index contributed by atoms with van der Waals surface area (Å²) >= 11 is 6.09. The van der Waals surface area contributed by atoms with Crippen LogP contribution in [0.3, 0.4) is 0 Å². The molecule has 0 bridgehead atoms. The van der Waals surface area contributed by atoms with Gasteiger partial charge in [0.15, 0.2) is 0 Å². The van der Waals surface area contributed by atoms with Crippen LogP contribution in [0, 0.1) is 0 Å². The lowest BCUT2D eigenvalue weighted by atomic mass is 10.1. The third kappa shape index (κ3) is 3.07. The number of ether oxygens (including phenoxy) is 2. The third-order valence-electron chi connectivity index (χ3n) is 2.82. The van der Waals surface area contributed by atoms with Crippen molar-refractivity contribution in [3.05, 3.63) is 17.0 Å². The van der Waals surface area contributed by atoms with Crippen molar-refractivity contribution in [3.8, 4) is 5.88 Å². The number of halogens is 1. The standard InChI is InChI=1S/C12H17ClN2O2/c1-8(2)10-11(13)14-7-15-12(10)17-9-3-5-16-6-4-9/h7-9H,3-6H2,1-2H3. The first kappa shape index (κ1) is 12.6. The summed E-state index contributed by atoms with van der Waals surface area (Å²) in [6, 6.07) is 0. The van der Waals surface area contributed by atoms with Crippen molar-refractivity contribution < 1.29 is 9.47 Å². The summed E-state index contributed by atoms with van der Waals surface area (Å²) in [7, 11) is 0. The van der Waals surface area contributed by atoms with Gasteiger partial charge in [-0.15, -0.1) is 0 Å². The van der Waals surface area contributed by atoms with E-state index in [1.807, 2.05) is 0 Å². The van der Waals surface area contributed by atoms with E-state index in [0.717, 1.165) is 31.6 Å². The van der Waals surface area contributed by atoms with Gasteiger partial charge in [-0.25, -0.2) is 9.97 Å². The maximum Gasteiger partial charge on any atom is 0.221 e. The molecule has 2 rings (SSSR count). The van der Waals surface area contributed by atoms with E-state index >= 15 is 0 Å². The van der Waals surface area contributed by atoms with E-state index < -0.39 is 0 Å². The lowest BCUT2D eigenvalue weighted by molar-refractivity contribution is 0.0231. The van der Waals surface area contributed by atoms with Gasteiger partial charge in [0.2, 0.25) is 5.88 Å². The van der Waals surface area contributed by atoms with Crippen LogP contribution >= 0.6 is 11.6 Å². The number of hydrogen-bond donors (Lipinski definition) is 0. The second-order valence-electron chi connectivity index (χ2n) is 4.47. The topological polar surface area (TPSA) is 44.2 Å². The van der Waals surface area contributed by atoms with Crippen LogP contribution in [0.1, 0.15) is 38.2 Å². The van der Waals surface area contributed by atoms with Crippen molar-refractivity contribution in [2.45, 2.75) is 38.7 Å². The fraction of sp³-hybridized carbons (Fsp3) is 0.667. The van der Waals surface area contributed by atoms with Gasteiger partial charge in [-0.2, -0.15) is 0 Å². The predicted octanol–water partition coefficient (Wildman–Crippen LogP) is 2.81. The number of aromatic nitrogens is 2. The molecule has 1 aromatic rings. The highest BCUT2D eigenvalue weighted by molar-refractivity contribution is 6.30. The zero-order chi connectivity index (χ0) is 12.3. The highest BCUT2D eigenvalue weighted by Crippen LogP contribution is 2.31. The molecule has 94 valence electrons. The minimum Gasteiger partial charge on any atom is -0.474 e. The Morgan fingerprint density at radius 2 is 2.06 bits per heavy atom. The molecule has 0 saturated carbocycles. The average Bonchev–Trinajstić information content (AvgIpc) is 2.30. The van der Waals surface area contributed by atoms with E-state index in [2.05, 4.69) is 23.8 Å². The highest BCUT2D eigenvalue weighted by Gasteiger charge is 2.20. The minimum absolute atomic E-state index is 0.173. The zero-order valence-electron chi connectivity index (χ0n) is 10.1. The molecule has 1 aliphatic rings. The first-order chi connectivity index (χ1) is 8.18. The molecule has 0 radical (unpaired) electrons. The molecule has 2 heterocycles. The number of nitrogens with zero attached hydrogens (tertiary/aromatic N) is 2. The highest BCUT2D eigenvalue weighted by atomic mass is 35.5. The van der Waals surface area contributed by atoms with E-state index in [9.17, 15) is 0 Å². The molecule has 0 aromatic carbocycles. The number of rotatable bonds is 3. The Balaban J connectivity index is 2.16. The Bertz CT molecular complexity index is 379. The Morgan fingerprint density at radius 3 is 2.71 bits per heavy atom. The van der Waals surface area contributed by atoms with Gasteiger partial charge < -0.3 is 9.47 Å². The van der Waals surface area contributed by atoms with E-state index in [4.69, 9.17) is 21.1 Å². The molecule has 0 unspecified atom stereocenters. The maximum atomic E-state index is 6.09. The summed E-state index contributed by atoms with van der Waals surface area (Å²) in [4.78, 5) is 8.20. The minimum atomic E-state index is 0.173. The molecular formula is C12H17ClN2O2. The summed E-state index contributed by atoms with van der Waals surface area (Å²) in [5.41, 5.74) is 0.889. The lowest BCUT2D eigenvalue weighted by Gasteiger charge is -2.24. The van der Waals surface area contributed by atoms with Crippen molar-refractivity contribution in [3.63, 3.8) is 0 Å². The van der Waals surface area contributed by atoms with Crippen LogP contribution in [-0.4, -0.2) is 29.3 Å². The van der Waals surface area contributed by atoms with Crippen LogP contribution in [0.4, 0.5) is 0 Å². The summed E-state index contributed by atoms with van der Waals surface area (Å²) < 4.78 is 11.2. The average molecular weight is 257 g/mol. The van der Waals surface area contributed by atoms with E-state index in [0.29, 0.717) is 11.0 Å². The predicted molar refractivity (Wildman–Crippen MR) is 65.6 cm³/mol. The first-order valence-electron chi connectivity index (χ1n) is 5.93. The van der Waals surface area contributed by atoms with Crippen molar-refractivity contribution in [2.75, 3.05) is 13.2 Å². The summed E-state index contributed by atoms with van der Waals surface area (Å²) in [5, 5.41) is 0.483. The van der Waals surface area contributed by atoms with Crippen molar-refractivity contribution >= 4 is 11.6 Å². The molecule has 0 aliphatic carbocycles. The Morgan fingerprint density at radius 1 is 1.35 bits per heavy atom. The molecule has 1 aromatic heterocycles. The fourth-order valence-electron chi connectivity index (χ4n) is 1.89. The largest absolute Gasteiger partial charge is 0.474 e. The molecule has 4 nitrogen and oxygen atoms in total. The molecule has 1 fully saturated rings. The van der Waals surface area contributed by atoms with Gasteiger partial charge in [-0.3, -0.25) is 0 Å². The van der Waals surface area contributed by atoms with Gasteiger partial charge in [-0.1, -0.05) is 25.4 Å². The molecule has 1 aliphatic heterocycles. The fourth-order valence-corrected chi connectivity index (χ4v) is 2.23. The second-order valence-corrected chi connectivity index (χ2v) is 4.83. The SMILES string of the molecule is CC(C)c1c(Cl)ncnc1OC1CCOCC1. The number of hydrogen-bond acceptors (Lipinski definition) is 4. The van der Waals surface area contributed by atoms with Crippen LogP contribution in [0.2, 0.25) is 5.15 Å². The maximum absolute atomic E-state index is 6.09. The van der Waals surface area contributed by atoms with Crippen LogP contribution in [-0.2, 0) is 4.74 Å². The van der Waals surface area contributed by atoms with Crippen LogP contribution < -0.4 is 4.74 Å². The van der Waals surface area contributed by atoms with Gasteiger partial charge in [0.05, 0.1) is 18.8 Å². The van der Waals surface area contributed by atoms with E-state index in [-0.39, 0.29) is 12.0 Å². The summed E-state index contributed by atoms with van der Waals surface area (Å²) in [6.07, 6.45) is 3.42. The van der Waals surface area contributed by atoms with Gasteiger partial charge >= 0.3 is 0 Å². The summed E-state index contributed by atoms with van der Waals surface area (Å²) in [5.74, 6) is 0.866. The smallest absolute Gasteiger partial charge is 0.221 e. The Labute approximate surface area is 106 Å². The summed E-state index contributed by atoms with van der Waals surface area (Å²) in [6.45, 7) is 5.61. The van der Waals surface area contributed by atoms with Crippen LogP contribution in [0.25, 0.3) is 0 Å². The van der Waals surface area contributed by atoms with E-state index in [1.165, 1.54) is 6.33 Å². The molecule has 17 heavy (non-hydrogen) atoms. The molecule has 0 N–H and O–H groups in total. The van der Waals surface area contributed by atoms with Crippen molar-refractivity contribution in [2.24, 2.45) is 0 Å². The zero-order valence-corrected chi connectivity index (χ0v) is 10.9. The molecule has 1 saturated heterocycles. The lowest BCUT2D eigenvalue weighted by Crippen LogP contribution is -2.26. The molecule has 0 spiro atoms. The molecular weight excluding hydrogens is 240 g/mol. The molecule has 0 amide bonds. The van der Waals surface area contributed by atoms with Crippen molar-refractivity contribution in [1.29, 1.82) is 0 Å². The molecule has 5 heteroatoms. The van der Waals surface area contributed by atoms with Gasteiger partial charge in [0.1, 0.15) is 17.6 Å². The van der Waals surface area contributed by atoms with Crippen LogP contribution in [0.5, 0.6) is 5.88 Å². The Hall–Kier alpha value is -0.870. The molecule has 0 atom stereocenters. The normalized spacial score (nSPS) is 17.4.